The molecule has 6 heteroatoms. The van der Waals surface area contributed by atoms with Gasteiger partial charge in [0.1, 0.15) is 5.69 Å². The van der Waals surface area contributed by atoms with Gasteiger partial charge >= 0.3 is 0 Å². The van der Waals surface area contributed by atoms with Crippen molar-refractivity contribution in [3.05, 3.63) is 64.5 Å². The molecule has 0 N–H and O–H groups in total. The zero-order chi connectivity index (χ0) is 14.1. The summed E-state index contributed by atoms with van der Waals surface area (Å²) < 4.78 is 7.03. The number of nitro benzene ring substituents is 1. The lowest BCUT2D eigenvalue weighted by Crippen LogP contribution is -1.99. The van der Waals surface area contributed by atoms with Gasteiger partial charge in [0.2, 0.25) is 0 Å². The number of aromatic nitrogens is 2. The van der Waals surface area contributed by atoms with Crippen LogP contribution in [-0.4, -0.2) is 14.7 Å². The highest BCUT2D eigenvalue weighted by atomic mass is 16.6. The van der Waals surface area contributed by atoms with Crippen LogP contribution in [0.5, 0.6) is 0 Å². The van der Waals surface area contributed by atoms with Crippen molar-refractivity contribution in [1.82, 2.24) is 9.78 Å². The van der Waals surface area contributed by atoms with Crippen LogP contribution < -0.4 is 0 Å². The van der Waals surface area contributed by atoms with Gasteiger partial charge in [0.05, 0.1) is 16.9 Å². The Hall–Kier alpha value is -2.89. The Bertz CT molecular complexity index is 743. The average molecular weight is 269 g/mol. The van der Waals surface area contributed by atoms with Gasteiger partial charge in [-0.05, 0) is 37.3 Å². The van der Waals surface area contributed by atoms with Crippen molar-refractivity contribution in [3.8, 4) is 17.1 Å². The zero-order valence-electron chi connectivity index (χ0n) is 10.7. The summed E-state index contributed by atoms with van der Waals surface area (Å²) in [7, 11) is 0. The lowest BCUT2D eigenvalue weighted by Gasteiger charge is -2.03. The van der Waals surface area contributed by atoms with Crippen molar-refractivity contribution in [2.75, 3.05) is 0 Å². The fourth-order valence-electron chi connectivity index (χ4n) is 2.00. The lowest BCUT2D eigenvalue weighted by atomic mass is 10.3. The minimum absolute atomic E-state index is 0.0600. The minimum atomic E-state index is -0.423. The zero-order valence-corrected chi connectivity index (χ0v) is 10.7. The first-order valence-corrected chi connectivity index (χ1v) is 6.00. The molecule has 0 amide bonds. The second kappa shape index (κ2) is 4.65. The highest BCUT2D eigenvalue weighted by molar-refractivity contribution is 5.53. The predicted octanol–water partition coefficient (Wildman–Crippen LogP) is 3.35. The summed E-state index contributed by atoms with van der Waals surface area (Å²) in [6.07, 6.45) is 1.59. The molecule has 0 aliphatic carbocycles. The summed E-state index contributed by atoms with van der Waals surface area (Å²) in [5, 5.41) is 15.1. The molecule has 0 saturated carbocycles. The molecule has 2 aromatic heterocycles. The normalized spacial score (nSPS) is 10.7. The predicted molar refractivity (Wildman–Crippen MR) is 72.7 cm³/mol. The lowest BCUT2D eigenvalue weighted by molar-refractivity contribution is -0.384. The van der Waals surface area contributed by atoms with Crippen LogP contribution in [0.1, 0.15) is 5.69 Å². The first kappa shape index (κ1) is 12.2. The first-order chi connectivity index (χ1) is 9.65. The van der Waals surface area contributed by atoms with Gasteiger partial charge in [0.25, 0.3) is 5.69 Å². The van der Waals surface area contributed by atoms with Crippen LogP contribution in [0, 0.1) is 17.0 Å². The first-order valence-electron chi connectivity index (χ1n) is 6.00. The number of aryl methyl sites for hydroxylation is 1. The number of nitrogens with zero attached hydrogens (tertiary/aromatic N) is 3. The van der Waals surface area contributed by atoms with E-state index < -0.39 is 4.92 Å². The Morgan fingerprint density at radius 2 is 2.00 bits per heavy atom. The molecule has 3 rings (SSSR count). The van der Waals surface area contributed by atoms with Crippen molar-refractivity contribution < 1.29 is 9.34 Å². The van der Waals surface area contributed by atoms with Crippen LogP contribution in [0.3, 0.4) is 0 Å². The molecule has 0 spiro atoms. The number of hydrogen-bond acceptors (Lipinski definition) is 4. The van der Waals surface area contributed by atoms with Gasteiger partial charge in [-0.2, -0.15) is 5.10 Å². The van der Waals surface area contributed by atoms with E-state index in [4.69, 9.17) is 4.42 Å². The number of furan rings is 1. The van der Waals surface area contributed by atoms with Gasteiger partial charge in [-0.1, -0.05) is 0 Å². The average Bonchev–Trinajstić information content (AvgIpc) is 3.08. The van der Waals surface area contributed by atoms with E-state index >= 15 is 0 Å². The van der Waals surface area contributed by atoms with Crippen molar-refractivity contribution in [1.29, 1.82) is 0 Å². The second-order valence-electron chi connectivity index (χ2n) is 4.33. The SMILES string of the molecule is Cc1cc(-c2ccco2)nn1-c1ccc([N+](=O)[O-])cc1. The summed E-state index contributed by atoms with van der Waals surface area (Å²) >= 11 is 0. The molecule has 0 aliphatic heterocycles. The molecule has 6 nitrogen and oxygen atoms in total. The van der Waals surface area contributed by atoms with Gasteiger partial charge in [0, 0.05) is 17.8 Å². The third kappa shape index (κ3) is 2.07. The highest BCUT2D eigenvalue weighted by Crippen LogP contribution is 2.22. The van der Waals surface area contributed by atoms with Crippen LogP contribution >= 0.6 is 0 Å². The van der Waals surface area contributed by atoms with Crippen molar-refractivity contribution in [2.24, 2.45) is 0 Å². The molecule has 0 fully saturated rings. The van der Waals surface area contributed by atoms with E-state index in [9.17, 15) is 10.1 Å². The Morgan fingerprint density at radius 1 is 1.25 bits per heavy atom. The molecule has 3 aromatic rings. The summed E-state index contributed by atoms with van der Waals surface area (Å²) in [5.74, 6) is 0.689. The number of benzene rings is 1. The van der Waals surface area contributed by atoms with Gasteiger partial charge in [-0.15, -0.1) is 0 Å². The largest absolute Gasteiger partial charge is 0.463 e. The molecule has 0 saturated heterocycles. The maximum absolute atomic E-state index is 10.6. The van der Waals surface area contributed by atoms with Crippen LogP contribution in [0.2, 0.25) is 0 Å². The monoisotopic (exact) mass is 269 g/mol. The fourth-order valence-corrected chi connectivity index (χ4v) is 2.00. The van der Waals surface area contributed by atoms with E-state index in [1.807, 2.05) is 19.1 Å². The van der Waals surface area contributed by atoms with E-state index in [1.54, 1.807) is 29.1 Å². The number of non-ortho nitro benzene ring substituents is 1. The Kier molecular flexibility index (Phi) is 2.83. The van der Waals surface area contributed by atoms with Crippen LogP contribution in [0.4, 0.5) is 5.69 Å². The molecule has 1 aromatic carbocycles. The molecule has 0 radical (unpaired) electrons. The number of rotatable bonds is 3. The van der Waals surface area contributed by atoms with Crippen LogP contribution in [0.25, 0.3) is 17.1 Å². The Balaban J connectivity index is 2.00. The summed E-state index contributed by atoms with van der Waals surface area (Å²) in [5.41, 5.74) is 2.48. The Morgan fingerprint density at radius 3 is 2.60 bits per heavy atom. The Labute approximate surface area is 114 Å². The molecule has 0 bridgehead atoms. The van der Waals surface area contributed by atoms with E-state index in [1.165, 1.54) is 12.1 Å². The number of nitro groups is 1. The maximum Gasteiger partial charge on any atom is 0.269 e. The molecule has 20 heavy (non-hydrogen) atoms. The molecule has 0 atom stereocenters. The van der Waals surface area contributed by atoms with Crippen LogP contribution in [-0.2, 0) is 0 Å². The summed E-state index contributed by atoms with van der Waals surface area (Å²) in [4.78, 5) is 10.2. The molecule has 2 heterocycles. The quantitative estimate of drug-likeness (QED) is 0.539. The standard InChI is InChI=1S/C14H11N3O3/c1-10-9-13(14-3-2-8-20-14)15-16(10)11-4-6-12(7-5-11)17(18)19/h2-9H,1H3. The van der Waals surface area contributed by atoms with Gasteiger partial charge < -0.3 is 4.42 Å². The third-order valence-corrected chi connectivity index (χ3v) is 2.97. The van der Waals surface area contributed by atoms with E-state index in [0.717, 1.165) is 17.1 Å². The molecular weight excluding hydrogens is 258 g/mol. The minimum Gasteiger partial charge on any atom is -0.463 e. The maximum atomic E-state index is 10.6. The van der Waals surface area contributed by atoms with Crippen molar-refractivity contribution in [2.45, 2.75) is 6.92 Å². The molecular formula is C14H11N3O3. The van der Waals surface area contributed by atoms with Gasteiger partial charge in [-0.3, -0.25) is 10.1 Å². The highest BCUT2D eigenvalue weighted by Gasteiger charge is 2.11. The number of hydrogen-bond donors (Lipinski definition) is 0. The van der Waals surface area contributed by atoms with Crippen LogP contribution in [0.15, 0.2) is 53.1 Å². The van der Waals surface area contributed by atoms with E-state index in [0.29, 0.717) is 5.76 Å². The van der Waals surface area contributed by atoms with E-state index in [-0.39, 0.29) is 5.69 Å². The molecule has 0 aliphatic rings. The second-order valence-corrected chi connectivity index (χ2v) is 4.33. The molecule has 0 unspecified atom stereocenters. The fraction of sp³-hybridized carbons (Fsp3) is 0.0714. The van der Waals surface area contributed by atoms with Crippen molar-refractivity contribution in [3.63, 3.8) is 0 Å². The molecule has 100 valence electrons. The summed E-state index contributed by atoms with van der Waals surface area (Å²) in [6, 6.07) is 11.8. The van der Waals surface area contributed by atoms with Gasteiger partial charge in [0.15, 0.2) is 5.76 Å². The summed E-state index contributed by atoms with van der Waals surface area (Å²) in [6.45, 7) is 1.92. The van der Waals surface area contributed by atoms with E-state index in [2.05, 4.69) is 5.10 Å². The third-order valence-electron chi connectivity index (χ3n) is 2.97. The van der Waals surface area contributed by atoms with Crippen molar-refractivity contribution >= 4 is 5.69 Å². The topological polar surface area (TPSA) is 74.1 Å². The van der Waals surface area contributed by atoms with Gasteiger partial charge in [-0.25, -0.2) is 4.68 Å². The smallest absolute Gasteiger partial charge is 0.269 e.